The van der Waals surface area contributed by atoms with Crippen molar-refractivity contribution in [3.8, 4) is 5.75 Å². The average Bonchev–Trinajstić information content (AvgIpc) is 3.07. The molecule has 1 aromatic carbocycles. The molecule has 0 saturated heterocycles. The van der Waals surface area contributed by atoms with Gasteiger partial charge in [0.15, 0.2) is 5.69 Å². The molecule has 7 nitrogen and oxygen atoms in total. The van der Waals surface area contributed by atoms with Gasteiger partial charge in [-0.3, -0.25) is 9.48 Å². The summed E-state index contributed by atoms with van der Waals surface area (Å²) in [5, 5.41) is 10.7. The second kappa shape index (κ2) is 6.76. The molecule has 0 aliphatic carbocycles. The van der Waals surface area contributed by atoms with Crippen molar-refractivity contribution in [2.24, 2.45) is 7.05 Å². The molecule has 2 aromatic heterocycles. The van der Waals surface area contributed by atoms with Crippen LogP contribution in [0.25, 0.3) is 0 Å². The van der Waals surface area contributed by atoms with Crippen LogP contribution in [0.5, 0.6) is 5.75 Å². The Balaban J connectivity index is 1.76. The fourth-order valence-electron chi connectivity index (χ4n) is 2.35. The molecule has 0 radical (unpaired) electrons. The number of amides is 1. The number of ether oxygens (including phenoxy) is 1. The largest absolute Gasteiger partial charge is 0.489 e. The lowest BCUT2D eigenvalue weighted by Gasteiger charge is -2.07. The van der Waals surface area contributed by atoms with Crippen molar-refractivity contribution >= 4 is 11.7 Å². The highest BCUT2D eigenvalue weighted by Crippen LogP contribution is 2.20. The standard InChI is InChI=1S/C17H17FN4O3/c1-10-7-15(22(3)20-10)19-17(23)16-14(11(2)25-21-16)9-24-13-6-4-5-12(18)8-13/h4-8H,9H2,1-3H3,(H,19,23). The number of aryl methyl sites for hydroxylation is 3. The van der Waals surface area contributed by atoms with Crippen molar-refractivity contribution in [1.29, 1.82) is 0 Å². The Hall–Kier alpha value is -3.16. The third-order valence-corrected chi connectivity index (χ3v) is 3.62. The lowest BCUT2D eigenvalue weighted by Crippen LogP contribution is -2.17. The molecule has 3 aromatic rings. The highest BCUT2D eigenvalue weighted by molar-refractivity contribution is 6.03. The Kier molecular flexibility index (Phi) is 4.51. The zero-order valence-electron chi connectivity index (χ0n) is 14.0. The van der Waals surface area contributed by atoms with Crippen LogP contribution >= 0.6 is 0 Å². The number of aromatic nitrogens is 3. The van der Waals surface area contributed by atoms with E-state index in [9.17, 15) is 9.18 Å². The van der Waals surface area contributed by atoms with Gasteiger partial charge in [0.1, 0.15) is 29.8 Å². The molecular formula is C17H17FN4O3. The van der Waals surface area contributed by atoms with Crippen molar-refractivity contribution in [3.63, 3.8) is 0 Å². The Morgan fingerprint density at radius 1 is 1.36 bits per heavy atom. The fraction of sp³-hybridized carbons (Fsp3) is 0.235. The van der Waals surface area contributed by atoms with Gasteiger partial charge < -0.3 is 14.6 Å². The van der Waals surface area contributed by atoms with Gasteiger partial charge in [-0.1, -0.05) is 11.2 Å². The minimum Gasteiger partial charge on any atom is -0.489 e. The van der Waals surface area contributed by atoms with Crippen LogP contribution in [-0.2, 0) is 13.7 Å². The summed E-state index contributed by atoms with van der Waals surface area (Å²) in [7, 11) is 1.73. The quantitative estimate of drug-likeness (QED) is 0.769. The second-order valence-electron chi connectivity index (χ2n) is 5.56. The smallest absolute Gasteiger partial charge is 0.279 e. The molecule has 0 aliphatic heterocycles. The number of carbonyl (C=O) groups excluding carboxylic acids is 1. The zero-order valence-corrected chi connectivity index (χ0v) is 14.0. The number of halogens is 1. The summed E-state index contributed by atoms with van der Waals surface area (Å²) in [5.74, 6) is 0.527. The van der Waals surface area contributed by atoms with E-state index in [2.05, 4.69) is 15.6 Å². The molecule has 1 N–H and O–H groups in total. The predicted octanol–water partition coefficient (Wildman–Crippen LogP) is 3.00. The lowest BCUT2D eigenvalue weighted by atomic mass is 10.2. The highest BCUT2D eigenvalue weighted by Gasteiger charge is 2.21. The lowest BCUT2D eigenvalue weighted by molar-refractivity contribution is 0.101. The van der Waals surface area contributed by atoms with E-state index in [0.29, 0.717) is 22.9 Å². The molecule has 1 amide bonds. The number of nitrogens with one attached hydrogen (secondary N) is 1. The Morgan fingerprint density at radius 3 is 2.84 bits per heavy atom. The maximum atomic E-state index is 13.2. The van der Waals surface area contributed by atoms with Gasteiger partial charge in [0.05, 0.1) is 11.3 Å². The molecule has 0 unspecified atom stereocenters. The van der Waals surface area contributed by atoms with Crippen LogP contribution in [-0.4, -0.2) is 20.8 Å². The van der Waals surface area contributed by atoms with Gasteiger partial charge >= 0.3 is 0 Å². The first kappa shape index (κ1) is 16.7. The van der Waals surface area contributed by atoms with E-state index in [1.54, 1.807) is 36.9 Å². The van der Waals surface area contributed by atoms with E-state index in [1.807, 2.05) is 6.92 Å². The van der Waals surface area contributed by atoms with Gasteiger partial charge in [-0.15, -0.1) is 0 Å². The summed E-state index contributed by atoms with van der Waals surface area (Å²) in [6.45, 7) is 3.54. The van der Waals surface area contributed by atoms with Crippen molar-refractivity contribution in [3.05, 3.63) is 58.9 Å². The van der Waals surface area contributed by atoms with Gasteiger partial charge in [-0.25, -0.2) is 4.39 Å². The number of rotatable bonds is 5. The van der Waals surface area contributed by atoms with E-state index >= 15 is 0 Å². The first-order valence-electron chi connectivity index (χ1n) is 7.59. The van der Waals surface area contributed by atoms with Crippen LogP contribution in [0.3, 0.4) is 0 Å². The molecular weight excluding hydrogens is 327 g/mol. The van der Waals surface area contributed by atoms with Gasteiger partial charge in [-0.05, 0) is 26.0 Å². The van der Waals surface area contributed by atoms with E-state index in [1.165, 1.54) is 12.1 Å². The third kappa shape index (κ3) is 3.68. The van der Waals surface area contributed by atoms with Crippen LogP contribution in [0.1, 0.15) is 27.5 Å². The van der Waals surface area contributed by atoms with Gasteiger partial charge in [0.25, 0.3) is 5.91 Å². The Morgan fingerprint density at radius 2 is 2.16 bits per heavy atom. The van der Waals surface area contributed by atoms with Crippen molar-refractivity contribution in [2.75, 3.05) is 5.32 Å². The first-order valence-corrected chi connectivity index (χ1v) is 7.59. The number of hydrogen-bond donors (Lipinski definition) is 1. The van der Waals surface area contributed by atoms with E-state index < -0.39 is 11.7 Å². The van der Waals surface area contributed by atoms with Crippen LogP contribution in [0, 0.1) is 19.7 Å². The maximum absolute atomic E-state index is 13.2. The number of benzene rings is 1. The molecule has 0 aliphatic rings. The van der Waals surface area contributed by atoms with E-state index in [0.717, 1.165) is 5.69 Å². The maximum Gasteiger partial charge on any atom is 0.279 e. The highest BCUT2D eigenvalue weighted by atomic mass is 19.1. The van der Waals surface area contributed by atoms with Crippen LogP contribution < -0.4 is 10.1 Å². The van der Waals surface area contributed by atoms with Crippen LogP contribution in [0.15, 0.2) is 34.9 Å². The third-order valence-electron chi connectivity index (χ3n) is 3.62. The summed E-state index contributed by atoms with van der Waals surface area (Å²) < 4.78 is 25.4. The molecule has 0 bridgehead atoms. The summed E-state index contributed by atoms with van der Waals surface area (Å²) in [5.41, 5.74) is 1.40. The number of carbonyl (C=O) groups is 1. The number of nitrogens with zero attached hydrogens (tertiary/aromatic N) is 3. The minimum absolute atomic E-state index is 0.0337. The first-order chi connectivity index (χ1) is 11.9. The van der Waals surface area contributed by atoms with E-state index in [4.69, 9.17) is 9.26 Å². The van der Waals surface area contributed by atoms with E-state index in [-0.39, 0.29) is 12.3 Å². The Bertz CT molecular complexity index is 917. The minimum atomic E-state index is -0.433. The van der Waals surface area contributed by atoms with Gasteiger partial charge in [-0.2, -0.15) is 5.10 Å². The van der Waals surface area contributed by atoms with Crippen molar-refractivity contribution in [2.45, 2.75) is 20.5 Å². The van der Waals surface area contributed by atoms with Crippen LogP contribution in [0.2, 0.25) is 0 Å². The van der Waals surface area contributed by atoms with Crippen molar-refractivity contribution < 1.29 is 18.4 Å². The van der Waals surface area contributed by atoms with Crippen molar-refractivity contribution in [1.82, 2.24) is 14.9 Å². The Labute approximate surface area is 143 Å². The molecule has 2 heterocycles. The second-order valence-corrected chi connectivity index (χ2v) is 5.56. The molecule has 0 spiro atoms. The zero-order chi connectivity index (χ0) is 18.0. The fourth-order valence-corrected chi connectivity index (χ4v) is 2.35. The summed E-state index contributed by atoms with van der Waals surface area (Å²) >= 11 is 0. The predicted molar refractivity (Wildman–Crippen MR) is 87.9 cm³/mol. The van der Waals surface area contributed by atoms with Gasteiger partial charge in [0, 0.05) is 19.2 Å². The summed E-state index contributed by atoms with van der Waals surface area (Å²) in [6, 6.07) is 7.51. The monoisotopic (exact) mass is 344 g/mol. The SMILES string of the molecule is Cc1cc(NC(=O)c2noc(C)c2COc2cccc(F)c2)n(C)n1. The topological polar surface area (TPSA) is 82.2 Å². The van der Waals surface area contributed by atoms with Crippen LogP contribution in [0.4, 0.5) is 10.2 Å². The average molecular weight is 344 g/mol. The molecule has 3 rings (SSSR count). The molecule has 130 valence electrons. The molecule has 8 heteroatoms. The number of hydrogen-bond acceptors (Lipinski definition) is 5. The summed E-state index contributed by atoms with van der Waals surface area (Å²) in [6.07, 6.45) is 0. The van der Waals surface area contributed by atoms with Gasteiger partial charge in [0.2, 0.25) is 0 Å². The summed E-state index contributed by atoms with van der Waals surface area (Å²) in [4.78, 5) is 12.5. The number of anilines is 1. The molecule has 0 saturated carbocycles. The normalized spacial score (nSPS) is 10.7. The molecule has 25 heavy (non-hydrogen) atoms. The molecule has 0 fully saturated rings. The molecule has 0 atom stereocenters.